The number of imidazole rings is 1. The van der Waals surface area contributed by atoms with E-state index in [0.29, 0.717) is 12.5 Å². The number of Topliss-reactive ketones (excluding diaryl/α,β-unsaturated/α-hetero) is 1. The largest absolute Gasteiger partial charge is 0.332 e. The summed E-state index contributed by atoms with van der Waals surface area (Å²) >= 11 is 0. The number of ketones is 1. The van der Waals surface area contributed by atoms with E-state index >= 15 is 0 Å². The van der Waals surface area contributed by atoms with Crippen LogP contribution in [0.15, 0.2) is 6.33 Å². The van der Waals surface area contributed by atoms with Gasteiger partial charge in [0.2, 0.25) is 0 Å². The Bertz CT molecular complexity index is 354. The van der Waals surface area contributed by atoms with Crippen LogP contribution in [0.25, 0.3) is 0 Å². The summed E-state index contributed by atoms with van der Waals surface area (Å²) in [6.07, 6.45) is 5.90. The average molecular weight is 192 g/mol. The molecule has 0 saturated carbocycles. The van der Waals surface area contributed by atoms with Crippen molar-refractivity contribution in [2.75, 3.05) is 0 Å². The number of nitrogens with zero attached hydrogens (tertiary/aromatic N) is 2. The third kappa shape index (κ3) is 1.59. The highest BCUT2D eigenvalue weighted by atomic mass is 16.1. The van der Waals surface area contributed by atoms with E-state index in [1.54, 1.807) is 6.92 Å². The van der Waals surface area contributed by atoms with Gasteiger partial charge >= 0.3 is 0 Å². The van der Waals surface area contributed by atoms with Crippen molar-refractivity contribution in [2.45, 2.75) is 45.6 Å². The highest BCUT2D eigenvalue weighted by molar-refractivity contribution is 5.77. The summed E-state index contributed by atoms with van der Waals surface area (Å²) in [4.78, 5) is 15.4. The zero-order chi connectivity index (χ0) is 10.1. The quantitative estimate of drug-likeness (QED) is 0.717. The molecule has 1 unspecified atom stereocenters. The van der Waals surface area contributed by atoms with E-state index in [-0.39, 0.29) is 5.78 Å². The molecule has 1 aromatic heterocycles. The molecule has 2 rings (SSSR count). The molecule has 14 heavy (non-hydrogen) atoms. The Morgan fingerprint density at radius 2 is 2.50 bits per heavy atom. The van der Waals surface area contributed by atoms with Crippen LogP contribution in [0.1, 0.15) is 44.1 Å². The third-order valence-electron chi connectivity index (χ3n) is 2.91. The molecule has 0 bridgehead atoms. The number of fused-ring (bicyclic) bond motifs is 1. The van der Waals surface area contributed by atoms with Gasteiger partial charge in [-0.25, -0.2) is 4.98 Å². The second-order valence-electron chi connectivity index (χ2n) is 4.17. The van der Waals surface area contributed by atoms with Gasteiger partial charge < -0.3 is 4.57 Å². The molecule has 0 aromatic carbocycles. The van der Waals surface area contributed by atoms with Gasteiger partial charge in [0.25, 0.3) is 0 Å². The molecule has 0 amide bonds. The van der Waals surface area contributed by atoms with Gasteiger partial charge in [-0.05, 0) is 33.1 Å². The molecular formula is C11H16N2O. The number of hydrogen-bond acceptors (Lipinski definition) is 2. The Labute approximate surface area is 84.1 Å². The Kier molecular flexibility index (Phi) is 2.40. The number of carbonyl (C=O) groups is 1. The van der Waals surface area contributed by atoms with E-state index in [2.05, 4.69) is 16.5 Å². The van der Waals surface area contributed by atoms with Crippen LogP contribution in [-0.4, -0.2) is 15.3 Å². The number of rotatable bonds is 2. The van der Waals surface area contributed by atoms with Crippen LogP contribution in [0.4, 0.5) is 0 Å². The van der Waals surface area contributed by atoms with Crippen LogP contribution in [0.3, 0.4) is 0 Å². The Hall–Kier alpha value is -1.12. The van der Waals surface area contributed by atoms with Crippen LogP contribution in [0, 0.1) is 0 Å². The van der Waals surface area contributed by atoms with E-state index in [4.69, 9.17) is 0 Å². The van der Waals surface area contributed by atoms with E-state index < -0.39 is 0 Å². The summed E-state index contributed by atoms with van der Waals surface area (Å²) in [5.41, 5.74) is 2.27. The topological polar surface area (TPSA) is 34.9 Å². The molecular weight excluding hydrogens is 176 g/mol. The van der Waals surface area contributed by atoms with Crippen LogP contribution in [0.2, 0.25) is 0 Å². The van der Waals surface area contributed by atoms with Crippen molar-refractivity contribution in [3.8, 4) is 0 Å². The number of carbonyl (C=O) groups excluding carboxylic acids is 1. The molecule has 3 nitrogen and oxygen atoms in total. The fraction of sp³-hybridized carbons (Fsp3) is 0.636. The molecule has 76 valence electrons. The lowest BCUT2D eigenvalue weighted by Crippen LogP contribution is -2.15. The fourth-order valence-electron chi connectivity index (χ4n) is 2.17. The van der Waals surface area contributed by atoms with Gasteiger partial charge in [-0.3, -0.25) is 4.79 Å². The molecule has 1 aromatic rings. The van der Waals surface area contributed by atoms with Crippen molar-refractivity contribution in [3.05, 3.63) is 17.7 Å². The van der Waals surface area contributed by atoms with Gasteiger partial charge in [0.15, 0.2) is 0 Å². The van der Waals surface area contributed by atoms with Crippen molar-refractivity contribution < 1.29 is 4.79 Å². The smallest absolute Gasteiger partial charge is 0.135 e. The minimum atomic E-state index is 0.199. The molecule has 0 spiro atoms. The Morgan fingerprint density at radius 1 is 1.71 bits per heavy atom. The highest BCUT2D eigenvalue weighted by Crippen LogP contribution is 2.26. The fourth-order valence-corrected chi connectivity index (χ4v) is 2.17. The lowest BCUT2D eigenvalue weighted by atomic mass is 10.0. The number of hydrogen-bond donors (Lipinski definition) is 0. The van der Waals surface area contributed by atoms with Crippen molar-refractivity contribution in [1.82, 2.24) is 9.55 Å². The second-order valence-corrected chi connectivity index (χ2v) is 4.17. The van der Waals surface area contributed by atoms with Crippen molar-refractivity contribution in [1.29, 1.82) is 0 Å². The predicted molar refractivity (Wildman–Crippen MR) is 54.3 cm³/mol. The molecule has 1 aliphatic heterocycles. The number of aromatic nitrogens is 2. The average Bonchev–Trinajstić information content (AvgIpc) is 2.49. The first-order valence-corrected chi connectivity index (χ1v) is 5.22. The Morgan fingerprint density at radius 3 is 3.21 bits per heavy atom. The third-order valence-corrected chi connectivity index (χ3v) is 2.91. The lowest BCUT2D eigenvalue weighted by molar-refractivity contribution is -0.116. The summed E-state index contributed by atoms with van der Waals surface area (Å²) in [6, 6.07) is 0.548. The predicted octanol–water partition coefficient (Wildman–Crippen LogP) is 1.91. The van der Waals surface area contributed by atoms with Gasteiger partial charge in [0.05, 0.1) is 18.4 Å². The van der Waals surface area contributed by atoms with E-state index in [1.807, 2.05) is 6.33 Å². The van der Waals surface area contributed by atoms with Gasteiger partial charge in [0.1, 0.15) is 5.78 Å². The minimum absolute atomic E-state index is 0.199. The van der Waals surface area contributed by atoms with E-state index in [0.717, 1.165) is 12.1 Å². The van der Waals surface area contributed by atoms with Gasteiger partial charge in [-0.1, -0.05) is 0 Å². The van der Waals surface area contributed by atoms with Crippen LogP contribution in [0.5, 0.6) is 0 Å². The second kappa shape index (κ2) is 3.56. The molecule has 2 heterocycles. The zero-order valence-corrected chi connectivity index (χ0v) is 8.79. The summed E-state index contributed by atoms with van der Waals surface area (Å²) in [5, 5.41) is 0. The minimum Gasteiger partial charge on any atom is -0.332 e. The standard InChI is InChI=1S/C11H16N2O/c1-8-4-3-5-11-10(6-9(2)14)12-7-13(8)11/h7-8H,3-6H2,1-2H3. The summed E-state index contributed by atoms with van der Waals surface area (Å²) in [7, 11) is 0. The first-order valence-electron chi connectivity index (χ1n) is 5.22. The molecule has 1 aliphatic rings. The van der Waals surface area contributed by atoms with Crippen LogP contribution < -0.4 is 0 Å². The first-order chi connectivity index (χ1) is 6.68. The first kappa shape index (κ1) is 9.44. The van der Waals surface area contributed by atoms with Crippen molar-refractivity contribution in [2.24, 2.45) is 0 Å². The molecule has 0 N–H and O–H groups in total. The summed E-state index contributed by atoms with van der Waals surface area (Å²) in [5.74, 6) is 0.199. The molecule has 1 atom stereocenters. The highest BCUT2D eigenvalue weighted by Gasteiger charge is 2.19. The van der Waals surface area contributed by atoms with Gasteiger partial charge in [0, 0.05) is 11.7 Å². The van der Waals surface area contributed by atoms with Crippen molar-refractivity contribution in [3.63, 3.8) is 0 Å². The zero-order valence-electron chi connectivity index (χ0n) is 8.79. The molecule has 3 heteroatoms. The maximum Gasteiger partial charge on any atom is 0.135 e. The molecule has 0 radical (unpaired) electrons. The lowest BCUT2D eigenvalue weighted by Gasteiger charge is -2.22. The van der Waals surface area contributed by atoms with Crippen LogP contribution >= 0.6 is 0 Å². The normalized spacial score (nSPS) is 20.6. The SMILES string of the molecule is CC(=O)Cc1ncn2c1CCCC2C. The van der Waals surface area contributed by atoms with E-state index in [9.17, 15) is 4.79 Å². The van der Waals surface area contributed by atoms with E-state index in [1.165, 1.54) is 18.5 Å². The van der Waals surface area contributed by atoms with Gasteiger partial charge in [-0.15, -0.1) is 0 Å². The van der Waals surface area contributed by atoms with Crippen LogP contribution in [-0.2, 0) is 17.6 Å². The monoisotopic (exact) mass is 192 g/mol. The van der Waals surface area contributed by atoms with Gasteiger partial charge in [-0.2, -0.15) is 0 Å². The maximum atomic E-state index is 11.0. The summed E-state index contributed by atoms with van der Waals surface area (Å²) in [6.45, 7) is 3.83. The maximum absolute atomic E-state index is 11.0. The van der Waals surface area contributed by atoms with Crippen molar-refractivity contribution >= 4 is 5.78 Å². The molecule has 0 saturated heterocycles. The molecule has 0 fully saturated rings. The summed E-state index contributed by atoms with van der Waals surface area (Å²) < 4.78 is 2.22. The molecule has 0 aliphatic carbocycles. The Balaban J connectivity index is 2.31.